The molecular weight excluding hydrogens is 416 g/mol. The van der Waals surface area contributed by atoms with Crippen molar-refractivity contribution in [3.05, 3.63) is 71.4 Å². The molecule has 1 aliphatic heterocycles. The molecule has 2 aromatic carbocycles. The first-order chi connectivity index (χ1) is 16.1. The number of carbonyl (C=O) groups excluding carboxylic acids is 2. The number of amides is 2. The minimum Gasteiger partial charge on any atom is -0.361 e. The highest BCUT2D eigenvalue weighted by Gasteiger charge is 2.22. The van der Waals surface area contributed by atoms with E-state index in [1.54, 1.807) is 17.0 Å². The molecule has 0 bridgehead atoms. The molecule has 8 nitrogen and oxygen atoms in total. The van der Waals surface area contributed by atoms with Gasteiger partial charge < -0.3 is 25.8 Å². The highest BCUT2D eigenvalue weighted by Crippen LogP contribution is 2.17. The van der Waals surface area contributed by atoms with E-state index in [1.807, 2.05) is 25.1 Å². The molecule has 0 spiro atoms. The molecule has 0 unspecified atom stereocenters. The van der Waals surface area contributed by atoms with Gasteiger partial charge in [-0.05, 0) is 42.7 Å². The van der Waals surface area contributed by atoms with E-state index in [4.69, 9.17) is 0 Å². The molecule has 2 heterocycles. The number of piperazine rings is 1. The molecule has 0 atom stereocenters. The van der Waals surface area contributed by atoms with E-state index in [9.17, 15) is 9.59 Å². The zero-order valence-electron chi connectivity index (χ0n) is 18.9. The van der Waals surface area contributed by atoms with Crippen LogP contribution in [0.2, 0.25) is 0 Å². The number of guanidine groups is 1. The second-order valence-electron chi connectivity index (χ2n) is 8.01. The van der Waals surface area contributed by atoms with Crippen molar-refractivity contribution in [1.82, 2.24) is 25.8 Å². The van der Waals surface area contributed by atoms with Crippen LogP contribution in [0.3, 0.4) is 0 Å². The van der Waals surface area contributed by atoms with Crippen LogP contribution < -0.4 is 16.0 Å². The molecule has 3 aromatic rings. The average molecular weight is 447 g/mol. The maximum absolute atomic E-state index is 12.6. The number of nitrogens with zero attached hydrogens (tertiary/aromatic N) is 2. The van der Waals surface area contributed by atoms with Gasteiger partial charge in [0.25, 0.3) is 5.91 Å². The summed E-state index contributed by atoms with van der Waals surface area (Å²) >= 11 is 0. The molecule has 1 fully saturated rings. The smallest absolute Gasteiger partial charge is 0.254 e. The van der Waals surface area contributed by atoms with Crippen molar-refractivity contribution in [2.75, 3.05) is 32.7 Å². The van der Waals surface area contributed by atoms with Crippen molar-refractivity contribution >= 4 is 28.7 Å². The number of hydrogen-bond donors (Lipinski definition) is 4. The largest absolute Gasteiger partial charge is 0.361 e. The van der Waals surface area contributed by atoms with Gasteiger partial charge in [0.2, 0.25) is 5.91 Å². The van der Waals surface area contributed by atoms with Gasteiger partial charge in [0, 0.05) is 48.8 Å². The summed E-state index contributed by atoms with van der Waals surface area (Å²) in [5.41, 5.74) is 4.02. The number of aromatic amines is 1. The minimum atomic E-state index is -0.118. The number of rotatable bonds is 7. The molecule has 1 saturated heterocycles. The SMILES string of the molecule is CCNC(=NCc1ccc(C(=O)N2CCNC(=O)C2)cc1)NCCc1c[nH]c2ccccc12. The molecule has 1 aromatic heterocycles. The van der Waals surface area contributed by atoms with E-state index in [2.05, 4.69) is 50.3 Å². The van der Waals surface area contributed by atoms with Crippen molar-refractivity contribution in [2.45, 2.75) is 19.9 Å². The first-order valence-corrected chi connectivity index (χ1v) is 11.4. The highest BCUT2D eigenvalue weighted by molar-refractivity contribution is 5.97. The average Bonchev–Trinajstić information content (AvgIpc) is 3.25. The summed E-state index contributed by atoms with van der Waals surface area (Å²) in [6, 6.07) is 15.7. The van der Waals surface area contributed by atoms with Crippen LogP contribution in [0.25, 0.3) is 10.9 Å². The van der Waals surface area contributed by atoms with E-state index in [1.165, 1.54) is 10.9 Å². The molecule has 172 valence electrons. The van der Waals surface area contributed by atoms with E-state index < -0.39 is 0 Å². The van der Waals surface area contributed by atoms with Crippen molar-refractivity contribution in [2.24, 2.45) is 4.99 Å². The Morgan fingerprint density at radius 1 is 1.12 bits per heavy atom. The van der Waals surface area contributed by atoms with Crippen molar-refractivity contribution in [3.8, 4) is 0 Å². The molecular formula is C25H30N6O2. The van der Waals surface area contributed by atoms with Crippen LogP contribution in [0.5, 0.6) is 0 Å². The van der Waals surface area contributed by atoms with E-state index in [0.717, 1.165) is 36.6 Å². The van der Waals surface area contributed by atoms with Crippen molar-refractivity contribution in [3.63, 3.8) is 0 Å². The fourth-order valence-corrected chi connectivity index (χ4v) is 3.91. The van der Waals surface area contributed by atoms with Crippen LogP contribution in [0, 0.1) is 0 Å². The van der Waals surface area contributed by atoms with Crippen molar-refractivity contribution in [1.29, 1.82) is 0 Å². The predicted molar refractivity (Wildman–Crippen MR) is 130 cm³/mol. The number of hydrogen-bond acceptors (Lipinski definition) is 3. The number of para-hydroxylation sites is 1. The summed E-state index contributed by atoms with van der Waals surface area (Å²) in [5, 5.41) is 10.7. The van der Waals surface area contributed by atoms with Crippen LogP contribution in [0.1, 0.15) is 28.4 Å². The van der Waals surface area contributed by atoms with Crippen LogP contribution in [-0.2, 0) is 17.8 Å². The van der Waals surface area contributed by atoms with Crippen LogP contribution >= 0.6 is 0 Å². The normalized spacial score (nSPS) is 14.3. The van der Waals surface area contributed by atoms with Gasteiger partial charge in [0.1, 0.15) is 0 Å². The number of aromatic nitrogens is 1. The number of nitrogens with one attached hydrogen (secondary N) is 4. The van der Waals surface area contributed by atoms with Crippen LogP contribution in [-0.4, -0.2) is 60.4 Å². The van der Waals surface area contributed by atoms with Gasteiger partial charge in [-0.1, -0.05) is 30.3 Å². The van der Waals surface area contributed by atoms with Crippen LogP contribution in [0.4, 0.5) is 0 Å². The van der Waals surface area contributed by atoms with Gasteiger partial charge in [-0.15, -0.1) is 0 Å². The molecule has 8 heteroatoms. The summed E-state index contributed by atoms with van der Waals surface area (Å²) in [7, 11) is 0. The molecule has 1 aliphatic rings. The topological polar surface area (TPSA) is 102 Å². The Labute approximate surface area is 193 Å². The minimum absolute atomic E-state index is 0.112. The first kappa shape index (κ1) is 22.4. The number of carbonyl (C=O) groups is 2. The summed E-state index contributed by atoms with van der Waals surface area (Å²) in [6.45, 7) is 5.23. The van der Waals surface area contributed by atoms with Gasteiger partial charge in [0.15, 0.2) is 5.96 Å². The monoisotopic (exact) mass is 446 g/mol. The fraction of sp³-hybridized carbons (Fsp3) is 0.320. The molecule has 0 aliphatic carbocycles. The van der Waals surface area contributed by atoms with Crippen LogP contribution in [0.15, 0.2) is 59.7 Å². The van der Waals surface area contributed by atoms with Gasteiger partial charge in [0.05, 0.1) is 13.1 Å². The zero-order valence-corrected chi connectivity index (χ0v) is 18.9. The lowest BCUT2D eigenvalue weighted by Crippen LogP contribution is -2.49. The zero-order chi connectivity index (χ0) is 23.0. The van der Waals surface area contributed by atoms with E-state index in [-0.39, 0.29) is 18.4 Å². The number of aliphatic imine (C=N–C) groups is 1. The van der Waals surface area contributed by atoms with Gasteiger partial charge in [-0.25, -0.2) is 4.99 Å². The lowest BCUT2D eigenvalue weighted by atomic mass is 10.1. The summed E-state index contributed by atoms with van der Waals surface area (Å²) in [4.78, 5) is 33.7. The third-order valence-corrected chi connectivity index (χ3v) is 5.65. The first-order valence-electron chi connectivity index (χ1n) is 11.4. The Kier molecular flexibility index (Phi) is 7.24. The Bertz CT molecular complexity index is 1140. The molecule has 0 radical (unpaired) electrons. The maximum atomic E-state index is 12.6. The van der Waals surface area contributed by atoms with E-state index >= 15 is 0 Å². The Morgan fingerprint density at radius 3 is 2.73 bits per heavy atom. The van der Waals surface area contributed by atoms with Crippen molar-refractivity contribution < 1.29 is 9.59 Å². The summed E-state index contributed by atoms with van der Waals surface area (Å²) in [5.74, 6) is 0.526. The molecule has 2 amide bonds. The van der Waals surface area contributed by atoms with Gasteiger partial charge in [-0.3, -0.25) is 9.59 Å². The quantitative estimate of drug-likeness (QED) is 0.330. The molecule has 4 N–H and O–H groups in total. The number of benzene rings is 2. The lowest BCUT2D eigenvalue weighted by Gasteiger charge is -2.26. The molecule has 4 rings (SSSR count). The highest BCUT2D eigenvalue weighted by atomic mass is 16.2. The fourth-order valence-electron chi connectivity index (χ4n) is 3.91. The number of H-pyrrole nitrogens is 1. The Morgan fingerprint density at radius 2 is 1.94 bits per heavy atom. The summed E-state index contributed by atoms with van der Waals surface area (Å²) < 4.78 is 0. The summed E-state index contributed by atoms with van der Waals surface area (Å²) in [6.07, 6.45) is 2.95. The number of fused-ring (bicyclic) bond motifs is 1. The van der Waals surface area contributed by atoms with Gasteiger partial charge >= 0.3 is 0 Å². The molecule has 33 heavy (non-hydrogen) atoms. The Balaban J connectivity index is 1.32. The maximum Gasteiger partial charge on any atom is 0.254 e. The van der Waals surface area contributed by atoms with E-state index in [0.29, 0.717) is 25.2 Å². The second-order valence-corrected chi connectivity index (χ2v) is 8.01. The molecule has 0 saturated carbocycles. The van der Waals surface area contributed by atoms with Gasteiger partial charge in [-0.2, -0.15) is 0 Å². The Hall–Kier alpha value is -3.81. The predicted octanol–water partition coefficient (Wildman–Crippen LogP) is 2.04. The lowest BCUT2D eigenvalue weighted by molar-refractivity contribution is -0.123. The third-order valence-electron chi connectivity index (χ3n) is 5.65. The second kappa shape index (κ2) is 10.7. The third kappa shape index (κ3) is 5.71. The standard InChI is InChI=1S/C25H30N6O2/c1-2-26-25(28-12-11-20-16-29-22-6-4-3-5-21(20)22)30-15-18-7-9-19(10-8-18)24(33)31-14-13-27-23(32)17-31/h3-10,16,29H,2,11-15,17H2,1H3,(H,27,32)(H2,26,28,30).